The molecule has 1 aromatic rings. The smallest absolute Gasteiger partial charge is 0.261 e. The van der Waals surface area contributed by atoms with Crippen LogP contribution in [-0.2, 0) is 11.2 Å². The van der Waals surface area contributed by atoms with Gasteiger partial charge in [-0.2, -0.15) is 0 Å². The maximum Gasteiger partial charge on any atom is 0.261 e. The minimum Gasteiger partial charge on any atom is -0.375 e. The Hall–Kier alpha value is -1.69. The second-order valence-corrected chi connectivity index (χ2v) is 7.36. The average molecular weight is 318 g/mol. The normalized spacial score (nSPS) is 24.0. The Labute approximate surface area is 136 Å². The molecule has 23 heavy (non-hydrogen) atoms. The van der Waals surface area contributed by atoms with Gasteiger partial charge in [0.25, 0.3) is 5.56 Å². The first kappa shape index (κ1) is 16.2. The molecule has 1 atom stereocenters. The molecule has 2 aliphatic rings. The van der Waals surface area contributed by atoms with Gasteiger partial charge in [0.05, 0.1) is 11.2 Å². The van der Waals surface area contributed by atoms with Crippen molar-refractivity contribution in [2.24, 2.45) is 5.92 Å². The lowest BCUT2D eigenvalue weighted by molar-refractivity contribution is -0.0553. The van der Waals surface area contributed by atoms with Crippen molar-refractivity contribution in [1.29, 1.82) is 5.41 Å². The molecule has 3 N–H and O–H groups in total. The third kappa shape index (κ3) is 3.80. The molecule has 0 radical (unpaired) electrons. The number of nitrogens with one attached hydrogen (secondary N) is 3. The fraction of sp³-hybridized carbons (Fsp3) is 0.706. The summed E-state index contributed by atoms with van der Waals surface area (Å²) in [6.45, 7) is 4.85. The Balaban J connectivity index is 1.80. The molecule has 1 saturated heterocycles. The summed E-state index contributed by atoms with van der Waals surface area (Å²) in [4.78, 5) is 19.7. The number of anilines is 1. The standard InChI is InChI=1S/C17H26N4O2/c1-17(2)9-12(6-7-23-17)19-15-13(10-18)16(22)21-14(20-15)8-11-4-3-5-11/h10-12,18H,3-9H2,1-2H3,(H2,19,20,21,22). The molecule has 6 nitrogen and oxygen atoms in total. The van der Waals surface area contributed by atoms with E-state index in [1.807, 2.05) is 0 Å². The van der Waals surface area contributed by atoms with E-state index in [2.05, 4.69) is 29.1 Å². The van der Waals surface area contributed by atoms with Crippen LogP contribution >= 0.6 is 0 Å². The van der Waals surface area contributed by atoms with Crippen molar-refractivity contribution in [3.8, 4) is 0 Å². The predicted molar refractivity (Wildman–Crippen MR) is 90.5 cm³/mol. The lowest BCUT2D eigenvalue weighted by Crippen LogP contribution is -2.40. The van der Waals surface area contributed by atoms with Crippen LogP contribution in [0.2, 0.25) is 0 Å². The highest BCUT2D eigenvalue weighted by atomic mass is 16.5. The van der Waals surface area contributed by atoms with E-state index in [4.69, 9.17) is 10.1 Å². The van der Waals surface area contributed by atoms with Crippen LogP contribution in [0, 0.1) is 11.3 Å². The summed E-state index contributed by atoms with van der Waals surface area (Å²) in [5.41, 5.74) is -0.0821. The Morgan fingerprint density at radius 1 is 1.43 bits per heavy atom. The summed E-state index contributed by atoms with van der Waals surface area (Å²) >= 11 is 0. The van der Waals surface area contributed by atoms with Crippen molar-refractivity contribution in [2.75, 3.05) is 11.9 Å². The van der Waals surface area contributed by atoms with Crippen LogP contribution in [-0.4, -0.2) is 34.4 Å². The monoisotopic (exact) mass is 318 g/mol. The molecule has 6 heteroatoms. The number of rotatable bonds is 5. The first-order valence-corrected chi connectivity index (χ1v) is 8.51. The number of aromatic nitrogens is 2. The van der Waals surface area contributed by atoms with Crippen LogP contribution < -0.4 is 10.9 Å². The highest BCUT2D eigenvalue weighted by Gasteiger charge is 2.29. The Kier molecular flexibility index (Phi) is 4.53. The molecule has 0 amide bonds. The summed E-state index contributed by atoms with van der Waals surface area (Å²) in [6, 6.07) is 0.211. The molecule has 0 bridgehead atoms. The maximum absolute atomic E-state index is 12.2. The number of aromatic amines is 1. The van der Waals surface area contributed by atoms with E-state index in [1.54, 1.807) is 0 Å². The van der Waals surface area contributed by atoms with E-state index in [0.717, 1.165) is 31.3 Å². The maximum atomic E-state index is 12.2. The second-order valence-electron chi connectivity index (χ2n) is 7.36. The van der Waals surface area contributed by atoms with E-state index in [9.17, 15) is 4.79 Å². The van der Waals surface area contributed by atoms with Gasteiger partial charge in [-0.05, 0) is 32.6 Å². The van der Waals surface area contributed by atoms with E-state index in [1.165, 1.54) is 19.3 Å². The lowest BCUT2D eigenvalue weighted by atomic mass is 9.83. The summed E-state index contributed by atoms with van der Waals surface area (Å²) in [5.74, 6) is 1.92. The van der Waals surface area contributed by atoms with Crippen LogP contribution in [0.4, 0.5) is 5.82 Å². The van der Waals surface area contributed by atoms with Crippen LogP contribution in [0.5, 0.6) is 0 Å². The van der Waals surface area contributed by atoms with Gasteiger partial charge in [0.15, 0.2) is 0 Å². The van der Waals surface area contributed by atoms with Crippen molar-refractivity contribution in [2.45, 2.75) is 64.0 Å². The molecular formula is C17H26N4O2. The quantitative estimate of drug-likeness (QED) is 0.727. The summed E-state index contributed by atoms with van der Waals surface area (Å²) < 4.78 is 5.74. The van der Waals surface area contributed by atoms with Crippen LogP contribution in [0.25, 0.3) is 0 Å². The van der Waals surface area contributed by atoms with Gasteiger partial charge in [0.1, 0.15) is 11.6 Å². The minimum atomic E-state index is -0.224. The Morgan fingerprint density at radius 2 is 2.22 bits per heavy atom. The Bertz CT molecular complexity index is 634. The molecule has 0 aromatic carbocycles. The highest BCUT2D eigenvalue weighted by molar-refractivity contribution is 5.83. The molecule has 126 valence electrons. The number of H-pyrrole nitrogens is 1. The minimum absolute atomic E-state index is 0.170. The van der Waals surface area contributed by atoms with Gasteiger partial charge in [0.2, 0.25) is 0 Å². The van der Waals surface area contributed by atoms with Gasteiger partial charge in [-0.1, -0.05) is 19.3 Å². The summed E-state index contributed by atoms with van der Waals surface area (Å²) in [7, 11) is 0. The third-order valence-corrected chi connectivity index (χ3v) is 4.89. The molecule has 1 unspecified atom stereocenters. The molecule has 1 aliphatic carbocycles. The SMILES string of the molecule is CC1(C)CC(Nc2nc(CC3CCC3)[nH]c(=O)c2C=N)CCO1. The zero-order valence-corrected chi connectivity index (χ0v) is 13.9. The van der Waals surface area contributed by atoms with Crippen molar-refractivity contribution in [3.63, 3.8) is 0 Å². The van der Waals surface area contributed by atoms with Gasteiger partial charge in [0, 0.05) is 25.3 Å². The number of hydrogen-bond donors (Lipinski definition) is 3. The first-order chi connectivity index (χ1) is 11.0. The van der Waals surface area contributed by atoms with Gasteiger partial charge in [-0.15, -0.1) is 0 Å². The predicted octanol–water partition coefficient (Wildman–Crippen LogP) is 2.48. The number of hydrogen-bond acceptors (Lipinski definition) is 5. The molecular weight excluding hydrogens is 292 g/mol. The van der Waals surface area contributed by atoms with Crippen molar-refractivity contribution in [1.82, 2.24) is 9.97 Å². The fourth-order valence-electron chi connectivity index (χ4n) is 3.39. The van der Waals surface area contributed by atoms with Crippen molar-refractivity contribution >= 4 is 12.0 Å². The average Bonchev–Trinajstić information content (AvgIpc) is 2.42. The summed E-state index contributed by atoms with van der Waals surface area (Å²) in [6.07, 6.45) is 7.35. The van der Waals surface area contributed by atoms with Crippen molar-refractivity contribution < 1.29 is 4.74 Å². The largest absolute Gasteiger partial charge is 0.375 e. The molecule has 1 saturated carbocycles. The zero-order valence-electron chi connectivity index (χ0n) is 13.9. The second kappa shape index (κ2) is 6.43. The molecule has 2 heterocycles. The van der Waals surface area contributed by atoms with E-state index in [-0.39, 0.29) is 17.2 Å². The molecule has 3 rings (SSSR count). The van der Waals surface area contributed by atoms with E-state index in [0.29, 0.717) is 23.9 Å². The molecule has 1 aliphatic heterocycles. The summed E-state index contributed by atoms with van der Waals surface area (Å²) in [5, 5.41) is 10.9. The van der Waals surface area contributed by atoms with E-state index >= 15 is 0 Å². The van der Waals surface area contributed by atoms with E-state index < -0.39 is 0 Å². The molecule has 0 spiro atoms. The third-order valence-electron chi connectivity index (χ3n) is 4.89. The number of nitrogens with zero attached hydrogens (tertiary/aromatic N) is 1. The first-order valence-electron chi connectivity index (χ1n) is 8.51. The lowest BCUT2D eigenvalue weighted by Gasteiger charge is -2.36. The van der Waals surface area contributed by atoms with Gasteiger partial charge in [-0.25, -0.2) is 4.98 Å². The van der Waals surface area contributed by atoms with Gasteiger partial charge in [-0.3, -0.25) is 4.79 Å². The van der Waals surface area contributed by atoms with Gasteiger partial charge >= 0.3 is 0 Å². The van der Waals surface area contributed by atoms with Gasteiger partial charge < -0.3 is 20.4 Å². The van der Waals surface area contributed by atoms with Crippen LogP contribution in [0.1, 0.15) is 57.3 Å². The molecule has 1 aromatic heterocycles. The van der Waals surface area contributed by atoms with Crippen LogP contribution in [0.3, 0.4) is 0 Å². The zero-order chi connectivity index (χ0) is 16.4. The number of ether oxygens (including phenoxy) is 1. The Morgan fingerprint density at radius 3 is 2.83 bits per heavy atom. The van der Waals surface area contributed by atoms with Crippen LogP contribution in [0.15, 0.2) is 4.79 Å². The molecule has 2 fully saturated rings. The van der Waals surface area contributed by atoms with Crippen molar-refractivity contribution in [3.05, 3.63) is 21.7 Å². The fourth-order valence-corrected chi connectivity index (χ4v) is 3.39. The topological polar surface area (TPSA) is 90.9 Å². The highest BCUT2D eigenvalue weighted by Crippen LogP contribution is 2.29.